The van der Waals surface area contributed by atoms with Crippen molar-refractivity contribution >= 4 is 6.03 Å². The lowest BCUT2D eigenvalue weighted by Gasteiger charge is -2.29. The summed E-state index contributed by atoms with van der Waals surface area (Å²) in [4.78, 5) is 13.8. The van der Waals surface area contributed by atoms with Crippen LogP contribution in [0.1, 0.15) is 23.1 Å². The summed E-state index contributed by atoms with van der Waals surface area (Å²) in [5, 5.41) is 7.03. The minimum Gasteiger partial charge on any atom is -0.338 e. The molecule has 1 aromatic carbocycles. The number of rotatable bonds is 4. The van der Waals surface area contributed by atoms with Gasteiger partial charge in [0.1, 0.15) is 11.6 Å². The minimum absolute atomic E-state index is 0.207. The van der Waals surface area contributed by atoms with Crippen LogP contribution in [0.25, 0.3) is 0 Å². The Balaban J connectivity index is 1.49. The molecule has 0 aliphatic carbocycles. The highest BCUT2D eigenvalue weighted by molar-refractivity contribution is 5.74. The average Bonchev–Trinajstić information content (AvgIpc) is 2.96. The predicted molar refractivity (Wildman–Crippen MR) is 85.5 cm³/mol. The Morgan fingerprint density at radius 1 is 1.38 bits per heavy atom. The second-order valence-electron chi connectivity index (χ2n) is 6.06. The largest absolute Gasteiger partial charge is 0.338 e. The number of nitrogens with one attached hydrogen (secondary N) is 1. The average molecular weight is 334 g/mol. The van der Waals surface area contributed by atoms with Crippen molar-refractivity contribution in [1.82, 2.24) is 20.0 Å². The number of halogens is 2. The zero-order valence-electron chi connectivity index (χ0n) is 13.6. The molecule has 0 saturated heterocycles. The van der Waals surface area contributed by atoms with Gasteiger partial charge in [-0.2, -0.15) is 5.10 Å². The Bertz CT molecular complexity index is 744. The Morgan fingerprint density at radius 2 is 2.21 bits per heavy atom. The summed E-state index contributed by atoms with van der Waals surface area (Å²) in [6, 6.07) is 1.99. The van der Waals surface area contributed by atoms with Gasteiger partial charge >= 0.3 is 6.03 Å². The van der Waals surface area contributed by atoms with Crippen molar-refractivity contribution in [3.8, 4) is 0 Å². The van der Waals surface area contributed by atoms with Crippen LogP contribution in [0.5, 0.6) is 0 Å². The summed E-state index contributed by atoms with van der Waals surface area (Å²) in [6.07, 6.45) is 4.91. The molecule has 0 bridgehead atoms. The second-order valence-corrected chi connectivity index (χ2v) is 6.06. The van der Waals surface area contributed by atoms with E-state index in [9.17, 15) is 13.6 Å². The van der Waals surface area contributed by atoms with E-state index < -0.39 is 11.6 Å². The van der Waals surface area contributed by atoms with E-state index >= 15 is 0 Å². The molecule has 1 aromatic heterocycles. The van der Waals surface area contributed by atoms with Crippen molar-refractivity contribution in [2.24, 2.45) is 0 Å². The van der Waals surface area contributed by atoms with Gasteiger partial charge in [-0.1, -0.05) is 0 Å². The van der Waals surface area contributed by atoms with Crippen LogP contribution in [-0.4, -0.2) is 33.8 Å². The maximum Gasteiger partial charge on any atom is 0.317 e. The maximum absolute atomic E-state index is 13.7. The smallest absolute Gasteiger partial charge is 0.317 e. The second kappa shape index (κ2) is 6.98. The highest BCUT2D eigenvalue weighted by Gasteiger charge is 2.23. The molecule has 0 unspecified atom stereocenters. The number of amides is 2. The molecule has 1 N–H and O–H groups in total. The van der Waals surface area contributed by atoms with Gasteiger partial charge in [0.25, 0.3) is 0 Å². The summed E-state index contributed by atoms with van der Waals surface area (Å²) >= 11 is 0. The number of aromatic nitrogens is 2. The van der Waals surface area contributed by atoms with Gasteiger partial charge in [-0.15, -0.1) is 0 Å². The van der Waals surface area contributed by atoms with Crippen LogP contribution in [0, 0.1) is 18.6 Å². The van der Waals surface area contributed by atoms with Crippen LogP contribution in [0.15, 0.2) is 24.5 Å². The fraction of sp³-hybridized carbons (Fsp3) is 0.412. The molecule has 5 nitrogen and oxygen atoms in total. The van der Waals surface area contributed by atoms with Gasteiger partial charge in [-0.25, -0.2) is 13.6 Å². The third-order valence-corrected chi connectivity index (χ3v) is 4.14. The van der Waals surface area contributed by atoms with Crippen LogP contribution >= 0.6 is 0 Å². The monoisotopic (exact) mass is 334 g/mol. The number of urea groups is 1. The maximum atomic E-state index is 13.7. The van der Waals surface area contributed by atoms with Crippen LogP contribution < -0.4 is 5.32 Å². The van der Waals surface area contributed by atoms with Crippen LogP contribution in [0.4, 0.5) is 13.6 Å². The normalized spacial score (nSPS) is 13.7. The fourth-order valence-electron chi connectivity index (χ4n) is 2.92. The van der Waals surface area contributed by atoms with Crippen molar-refractivity contribution in [3.63, 3.8) is 0 Å². The molecule has 3 rings (SSSR count). The van der Waals surface area contributed by atoms with Gasteiger partial charge < -0.3 is 10.2 Å². The van der Waals surface area contributed by atoms with E-state index in [2.05, 4.69) is 10.4 Å². The molecule has 128 valence electrons. The van der Waals surface area contributed by atoms with Crippen LogP contribution in [0.2, 0.25) is 0 Å². The molecule has 2 amide bonds. The van der Waals surface area contributed by atoms with Gasteiger partial charge in [0.15, 0.2) is 0 Å². The number of hydrogen-bond acceptors (Lipinski definition) is 2. The van der Waals surface area contributed by atoms with Gasteiger partial charge in [-0.05, 0) is 42.5 Å². The summed E-state index contributed by atoms with van der Waals surface area (Å²) < 4.78 is 28.9. The first-order chi connectivity index (χ1) is 11.5. The van der Waals surface area contributed by atoms with E-state index in [0.717, 1.165) is 24.6 Å². The molecule has 0 atom stereocenters. The van der Waals surface area contributed by atoms with Gasteiger partial charge in [0.2, 0.25) is 0 Å². The van der Waals surface area contributed by atoms with Crippen LogP contribution in [-0.2, 0) is 19.5 Å². The number of nitrogens with zero attached hydrogens (tertiary/aromatic N) is 3. The van der Waals surface area contributed by atoms with Crippen molar-refractivity contribution in [1.29, 1.82) is 0 Å². The quantitative estimate of drug-likeness (QED) is 0.874. The van der Waals surface area contributed by atoms with Crippen molar-refractivity contribution in [3.05, 3.63) is 52.9 Å². The first-order valence-corrected chi connectivity index (χ1v) is 8.01. The first kappa shape index (κ1) is 16.4. The van der Waals surface area contributed by atoms with Crippen molar-refractivity contribution < 1.29 is 13.6 Å². The Kier molecular flexibility index (Phi) is 4.78. The molecule has 0 fully saturated rings. The molecule has 0 spiro atoms. The Labute approximate surface area is 139 Å². The zero-order chi connectivity index (χ0) is 17.1. The zero-order valence-corrected chi connectivity index (χ0v) is 13.6. The summed E-state index contributed by atoms with van der Waals surface area (Å²) in [5.41, 5.74) is 2.15. The predicted octanol–water partition coefficient (Wildman–Crippen LogP) is 2.63. The molecule has 7 heteroatoms. The number of carbonyl (C=O) groups excluding carboxylic acids is 1. The number of fused-ring (bicyclic) bond motifs is 1. The molecule has 0 saturated carbocycles. The SMILES string of the molecule is Cc1cnn(CCCNC(=O)N2CCc3c(F)cc(F)cc3C2)c1. The third kappa shape index (κ3) is 3.72. The van der Waals surface area contributed by atoms with Crippen LogP contribution in [0.3, 0.4) is 0 Å². The topological polar surface area (TPSA) is 50.2 Å². The summed E-state index contributed by atoms with van der Waals surface area (Å²) in [7, 11) is 0. The minimum atomic E-state index is -0.608. The fourth-order valence-corrected chi connectivity index (χ4v) is 2.92. The number of carbonyl (C=O) groups is 1. The standard InChI is InChI=1S/C17H20F2N4O/c1-12-9-21-23(10-12)5-2-4-20-17(24)22-6-3-15-13(11-22)7-14(18)8-16(15)19/h7-10H,2-6,11H2,1H3,(H,20,24). The van der Waals surface area contributed by atoms with Gasteiger partial charge in [-0.3, -0.25) is 4.68 Å². The molecule has 1 aliphatic heterocycles. The number of benzene rings is 1. The van der Waals surface area contributed by atoms with E-state index in [0.29, 0.717) is 30.6 Å². The molecule has 2 heterocycles. The van der Waals surface area contributed by atoms with E-state index in [-0.39, 0.29) is 12.6 Å². The highest BCUT2D eigenvalue weighted by atomic mass is 19.1. The third-order valence-electron chi connectivity index (χ3n) is 4.14. The van der Waals surface area contributed by atoms with Gasteiger partial charge in [0.05, 0.1) is 6.20 Å². The molecular formula is C17H20F2N4O. The highest BCUT2D eigenvalue weighted by Crippen LogP contribution is 2.23. The van der Waals surface area contributed by atoms with Gasteiger partial charge in [0, 0.05) is 38.4 Å². The van der Waals surface area contributed by atoms with E-state index in [1.54, 1.807) is 11.1 Å². The van der Waals surface area contributed by atoms with E-state index in [4.69, 9.17) is 0 Å². The molecule has 1 aliphatic rings. The lowest BCUT2D eigenvalue weighted by Crippen LogP contribution is -2.43. The molecule has 24 heavy (non-hydrogen) atoms. The van der Waals surface area contributed by atoms with Crippen molar-refractivity contribution in [2.45, 2.75) is 32.9 Å². The molecule has 0 radical (unpaired) electrons. The first-order valence-electron chi connectivity index (χ1n) is 8.01. The van der Waals surface area contributed by atoms with E-state index in [1.807, 2.05) is 17.8 Å². The Hall–Kier alpha value is -2.44. The lowest BCUT2D eigenvalue weighted by molar-refractivity contribution is 0.191. The summed E-state index contributed by atoms with van der Waals surface area (Å²) in [6.45, 7) is 3.89. The number of hydrogen-bond donors (Lipinski definition) is 1. The Morgan fingerprint density at radius 3 is 2.96 bits per heavy atom. The van der Waals surface area contributed by atoms with E-state index in [1.165, 1.54) is 6.07 Å². The lowest BCUT2D eigenvalue weighted by atomic mass is 9.99. The number of aryl methyl sites for hydroxylation is 2. The molecular weight excluding hydrogens is 314 g/mol. The van der Waals surface area contributed by atoms with Crippen molar-refractivity contribution in [2.75, 3.05) is 13.1 Å². The summed E-state index contributed by atoms with van der Waals surface area (Å²) in [5.74, 6) is -1.14. The molecule has 2 aromatic rings.